The Hall–Kier alpha value is -6.86. The van der Waals surface area contributed by atoms with Gasteiger partial charge in [-0.15, -0.1) is 0 Å². The van der Waals surface area contributed by atoms with E-state index in [0.29, 0.717) is 25.0 Å². The number of hydrogen-bond acceptors (Lipinski definition) is 7. The second kappa shape index (κ2) is 17.0. The topological polar surface area (TPSA) is 190 Å². The average Bonchev–Trinajstić information content (AvgIpc) is 4.15. The highest BCUT2D eigenvalue weighted by molar-refractivity contribution is 6.03. The van der Waals surface area contributed by atoms with E-state index in [-0.39, 0.29) is 40.3 Å². The Bertz CT molecular complexity index is 2540. The van der Waals surface area contributed by atoms with Crippen molar-refractivity contribution in [1.82, 2.24) is 25.7 Å². The lowest BCUT2D eigenvalue weighted by Crippen LogP contribution is -2.47. The number of fused-ring (bicyclic) bond motifs is 4. The van der Waals surface area contributed by atoms with Gasteiger partial charge in [-0.1, -0.05) is 97.1 Å². The number of benzene rings is 4. The number of carbonyl (C=O) groups is 4. The van der Waals surface area contributed by atoms with E-state index in [4.69, 9.17) is 10.8 Å². The molecule has 0 radical (unpaired) electrons. The molecule has 6 aromatic rings. The van der Waals surface area contributed by atoms with E-state index in [1.165, 1.54) is 24.0 Å². The number of carbonyl (C=O) groups excluding carboxylic acids is 3. The Morgan fingerprint density at radius 3 is 1.61 bits per heavy atom. The Morgan fingerprint density at radius 2 is 1.11 bits per heavy atom. The molecular formula is C48H50N8O5. The van der Waals surface area contributed by atoms with Gasteiger partial charge in [0.1, 0.15) is 11.7 Å². The molecule has 2 atom stereocenters. The Morgan fingerprint density at radius 1 is 0.672 bits per heavy atom. The molecule has 312 valence electrons. The van der Waals surface area contributed by atoms with Crippen LogP contribution in [0, 0.1) is 0 Å². The predicted molar refractivity (Wildman–Crippen MR) is 233 cm³/mol. The summed E-state index contributed by atoms with van der Waals surface area (Å²) in [4.78, 5) is 52.0. The zero-order valence-corrected chi connectivity index (χ0v) is 34.3. The van der Waals surface area contributed by atoms with Crippen LogP contribution in [-0.2, 0) is 33.3 Å². The van der Waals surface area contributed by atoms with Gasteiger partial charge in [0.15, 0.2) is 5.69 Å². The van der Waals surface area contributed by atoms with Crippen LogP contribution in [0.3, 0.4) is 0 Å². The summed E-state index contributed by atoms with van der Waals surface area (Å²) in [6, 6.07) is 38.5. The van der Waals surface area contributed by atoms with Gasteiger partial charge in [0, 0.05) is 49.7 Å². The predicted octanol–water partition coefficient (Wildman–Crippen LogP) is 6.31. The summed E-state index contributed by atoms with van der Waals surface area (Å²) >= 11 is 0. The number of nitrogens with two attached hydrogens (primary N) is 1. The third-order valence-corrected chi connectivity index (χ3v) is 12.4. The summed E-state index contributed by atoms with van der Waals surface area (Å²) in [5, 5.41) is 25.1. The van der Waals surface area contributed by atoms with Gasteiger partial charge in [-0.3, -0.25) is 24.6 Å². The van der Waals surface area contributed by atoms with Crippen molar-refractivity contribution in [3.63, 3.8) is 0 Å². The Labute approximate surface area is 354 Å². The van der Waals surface area contributed by atoms with E-state index in [1.807, 2.05) is 104 Å². The summed E-state index contributed by atoms with van der Waals surface area (Å²) in [6.07, 6.45) is 7.18. The van der Waals surface area contributed by atoms with Gasteiger partial charge in [-0.2, -0.15) is 10.2 Å². The standard InChI is InChI=1S/C24H24N4O2.C13H16N2O.C11H10N2O2/c1-28-21-10-6-5-9-18(21)24(11-12-24)15-20(23(28)30)25-22(29)19-14-17(26-27-19)13-16-7-3-2-4-8-16;1-15-11-5-3-2-4-9(11)13(6-7-13)8-10(14)12(15)16;14-11(15)10-7-9(12-13-10)6-8-4-2-1-3-5-8/h2-10,14,20H,11-13,15H2,1H3,(H,25,29)(H,26,27);2-5,10H,6-8,14H2,1H3;1-5,7H,6H2,(H,12,13)(H,14,15)/t20-;10-;/m00./s1. The Kier molecular flexibility index (Phi) is 11.4. The van der Waals surface area contributed by atoms with Crippen molar-refractivity contribution < 1.29 is 24.3 Å². The van der Waals surface area contributed by atoms with E-state index in [1.54, 1.807) is 29.0 Å². The lowest BCUT2D eigenvalue weighted by molar-refractivity contribution is -0.120. The number of carboxylic acid groups (broad SMARTS) is 1. The molecule has 13 nitrogen and oxygen atoms in total. The molecule has 13 heteroatoms. The molecule has 61 heavy (non-hydrogen) atoms. The first-order chi connectivity index (χ1) is 29.4. The number of aromatic nitrogens is 4. The van der Waals surface area contributed by atoms with Crippen LogP contribution in [0.1, 0.15) is 93.1 Å². The van der Waals surface area contributed by atoms with E-state index < -0.39 is 12.0 Å². The summed E-state index contributed by atoms with van der Waals surface area (Å²) in [6.45, 7) is 0. The fraction of sp³-hybridized carbons (Fsp3) is 0.292. The van der Waals surface area contributed by atoms with Crippen molar-refractivity contribution in [2.75, 3.05) is 23.9 Å². The van der Waals surface area contributed by atoms with Crippen LogP contribution < -0.4 is 20.9 Å². The zero-order valence-electron chi connectivity index (χ0n) is 34.3. The van der Waals surface area contributed by atoms with Crippen LogP contribution >= 0.6 is 0 Å². The minimum atomic E-state index is -1.01. The number of amides is 3. The van der Waals surface area contributed by atoms with Gasteiger partial charge in [0.2, 0.25) is 11.8 Å². The van der Waals surface area contributed by atoms with Gasteiger partial charge in [-0.05, 0) is 95.9 Å². The Balaban J connectivity index is 0.000000139. The third-order valence-electron chi connectivity index (χ3n) is 12.4. The molecular weight excluding hydrogens is 769 g/mol. The second-order valence-electron chi connectivity index (χ2n) is 16.6. The van der Waals surface area contributed by atoms with E-state index in [2.05, 4.69) is 37.8 Å². The molecule has 4 aliphatic rings. The number of H-pyrrole nitrogens is 2. The molecule has 2 saturated carbocycles. The molecule has 3 amide bonds. The molecule has 10 rings (SSSR count). The average molecular weight is 819 g/mol. The molecule has 6 N–H and O–H groups in total. The van der Waals surface area contributed by atoms with Crippen LogP contribution in [0.2, 0.25) is 0 Å². The van der Waals surface area contributed by atoms with Gasteiger partial charge in [-0.25, -0.2) is 4.79 Å². The van der Waals surface area contributed by atoms with Crippen molar-refractivity contribution in [1.29, 1.82) is 0 Å². The monoisotopic (exact) mass is 818 g/mol. The van der Waals surface area contributed by atoms with Gasteiger partial charge in [0.05, 0.1) is 6.04 Å². The number of anilines is 2. The van der Waals surface area contributed by atoms with Crippen LogP contribution in [0.25, 0.3) is 0 Å². The number of nitrogens with one attached hydrogen (secondary N) is 3. The summed E-state index contributed by atoms with van der Waals surface area (Å²) in [7, 11) is 3.61. The molecule has 4 heterocycles. The lowest BCUT2D eigenvalue weighted by Gasteiger charge is -2.21. The number of rotatable bonds is 7. The van der Waals surface area contributed by atoms with Gasteiger partial charge < -0.3 is 26.0 Å². The fourth-order valence-electron chi connectivity index (χ4n) is 8.71. The minimum Gasteiger partial charge on any atom is -0.476 e. The highest BCUT2D eigenvalue weighted by Gasteiger charge is 2.52. The number of aromatic amines is 2. The van der Waals surface area contributed by atoms with Crippen LogP contribution in [-0.4, -0.2) is 75.4 Å². The maximum absolute atomic E-state index is 13.1. The largest absolute Gasteiger partial charge is 0.476 e. The maximum Gasteiger partial charge on any atom is 0.356 e. The van der Waals surface area contributed by atoms with Crippen molar-refractivity contribution >= 4 is 35.1 Å². The molecule has 0 bridgehead atoms. The number of nitrogens with zero attached hydrogens (tertiary/aromatic N) is 4. The first kappa shape index (κ1) is 40.9. The quantitative estimate of drug-likeness (QED) is 0.124. The summed E-state index contributed by atoms with van der Waals surface area (Å²) < 4.78 is 0. The van der Waals surface area contributed by atoms with E-state index in [0.717, 1.165) is 53.2 Å². The number of para-hydroxylation sites is 2. The smallest absolute Gasteiger partial charge is 0.356 e. The second-order valence-corrected chi connectivity index (χ2v) is 16.6. The number of carboxylic acids is 1. The van der Waals surface area contributed by atoms with Gasteiger partial charge in [0.25, 0.3) is 5.91 Å². The highest BCUT2D eigenvalue weighted by atomic mass is 16.4. The number of aromatic carboxylic acids is 1. The molecule has 2 aromatic heterocycles. The number of hydrogen-bond donors (Lipinski definition) is 5. The molecule has 4 aromatic carbocycles. The van der Waals surface area contributed by atoms with Crippen molar-refractivity contribution in [3.05, 3.63) is 166 Å². The summed E-state index contributed by atoms with van der Waals surface area (Å²) in [5.41, 5.74) is 14.9. The summed E-state index contributed by atoms with van der Waals surface area (Å²) in [5.74, 6) is -1.37. The molecule has 0 saturated heterocycles. The number of likely N-dealkylation sites (N-methyl/N-ethyl adjacent to an activating group) is 2. The first-order valence-corrected chi connectivity index (χ1v) is 20.7. The molecule has 2 aliphatic carbocycles. The molecule has 2 fully saturated rings. The fourth-order valence-corrected chi connectivity index (χ4v) is 8.71. The molecule has 0 unspecified atom stereocenters. The highest BCUT2D eigenvalue weighted by Crippen LogP contribution is 2.56. The van der Waals surface area contributed by atoms with Crippen LogP contribution in [0.15, 0.2) is 121 Å². The van der Waals surface area contributed by atoms with Crippen molar-refractivity contribution in [2.45, 2.75) is 74.3 Å². The van der Waals surface area contributed by atoms with Crippen LogP contribution in [0.4, 0.5) is 11.4 Å². The molecule has 2 aliphatic heterocycles. The normalized spacial score (nSPS) is 18.9. The minimum absolute atomic E-state index is 0.0149. The van der Waals surface area contributed by atoms with Crippen molar-refractivity contribution in [2.24, 2.45) is 5.73 Å². The van der Waals surface area contributed by atoms with Crippen molar-refractivity contribution in [3.8, 4) is 0 Å². The maximum atomic E-state index is 13.1. The zero-order chi connectivity index (χ0) is 42.7. The lowest BCUT2D eigenvalue weighted by atomic mass is 9.89. The SMILES string of the molecule is CN1C(=O)[C@@H](N)CC2(CC2)c2ccccc21.CN1C(=O)[C@@H](NC(=O)c2cc(Cc3ccccc3)[nH]n2)CC2(CC2)c2ccccc21.O=C(O)c1cc(Cc2ccccc2)[nH]n1. The van der Waals surface area contributed by atoms with Crippen LogP contribution in [0.5, 0.6) is 0 Å². The van der Waals surface area contributed by atoms with Gasteiger partial charge >= 0.3 is 5.97 Å². The van der Waals surface area contributed by atoms with E-state index in [9.17, 15) is 19.2 Å². The first-order valence-electron chi connectivity index (χ1n) is 20.7. The molecule has 2 spiro atoms. The van der Waals surface area contributed by atoms with E-state index >= 15 is 0 Å². The third kappa shape index (κ3) is 8.87.